The average molecular weight is 349 g/mol. The Balaban J connectivity index is 1.91. The highest BCUT2D eigenvalue weighted by Gasteiger charge is 2.23. The van der Waals surface area contributed by atoms with Crippen molar-refractivity contribution in [1.29, 1.82) is 0 Å². The normalized spacial score (nSPS) is 14.4. The van der Waals surface area contributed by atoms with E-state index >= 15 is 0 Å². The molecule has 0 aliphatic carbocycles. The smallest absolute Gasteiger partial charge is 0.128 e. The van der Waals surface area contributed by atoms with Crippen LogP contribution in [0.15, 0.2) is 40.9 Å². The first-order chi connectivity index (χ1) is 10.2. The van der Waals surface area contributed by atoms with Crippen LogP contribution in [0.3, 0.4) is 0 Å². The Morgan fingerprint density at radius 1 is 1.33 bits per heavy atom. The molecule has 2 aromatic carbocycles. The van der Waals surface area contributed by atoms with Crippen LogP contribution in [0, 0.1) is 0 Å². The molecule has 2 aromatic rings. The molecule has 0 aromatic heterocycles. The molecule has 1 aliphatic heterocycles. The molecular formula is C17H17BrO3. The van der Waals surface area contributed by atoms with Crippen LogP contribution < -0.4 is 9.47 Å². The summed E-state index contributed by atoms with van der Waals surface area (Å²) in [5, 5.41) is 10.6. The number of para-hydroxylation sites is 1. The summed E-state index contributed by atoms with van der Waals surface area (Å²) in [4.78, 5) is 0. The number of methoxy groups -OCH3 is 1. The molecule has 0 bridgehead atoms. The van der Waals surface area contributed by atoms with E-state index in [0.717, 1.165) is 39.1 Å². The molecule has 0 radical (unpaired) electrons. The van der Waals surface area contributed by atoms with E-state index in [9.17, 15) is 5.11 Å². The molecule has 0 amide bonds. The summed E-state index contributed by atoms with van der Waals surface area (Å²) in [6.45, 7) is 0.681. The van der Waals surface area contributed by atoms with Gasteiger partial charge in [0, 0.05) is 22.9 Å². The third-order valence-corrected chi connectivity index (χ3v) is 4.20. The molecule has 0 spiro atoms. The summed E-state index contributed by atoms with van der Waals surface area (Å²) < 4.78 is 12.0. The van der Waals surface area contributed by atoms with Crippen molar-refractivity contribution < 1.29 is 14.6 Å². The summed E-state index contributed by atoms with van der Waals surface area (Å²) in [6.07, 6.45) is 0.769. The lowest BCUT2D eigenvalue weighted by Crippen LogP contribution is -2.05. The van der Waals surface area contributed by atoms with Gasteiger partial charge in [-0.1, -0.05) is 34.1 Å². The van der Waals surface area contributed by atoms with Crippen molar-refractivity contribution in [2.24, 2.45) is 0 Å². The largest absolute Gasteiger partial charge is 0.496 e. The summed E-state index contributed by atoms with van der Waals surface area (Å²) in [5.74, 6) is 1.63. The maximum atomic E-state index is 10.6. The van der Waals surface area contributed by atoms with Crippen LogP contribution in [0.4, 0.5) is 0 Å². The lowest BCUT2D eigenvalue weighted by Gasteiger charge is -2.17. The Hall–Kier alpha value is -1.52. The summed E-state index contributed by atoms with van der Waals surface area (Å²) >= 11 is 3.51. The minimum absolute atomic E-state index is 0.496. The van der Waals surface area contributed by atoms with Crippen LogP contribution in [0.1, 0.15) is 22.8 Å². The molecular weight excluding hydrogens is 332 g/mol. The van der Waals surface area contributed by atoms with E-state index in [4.69, 9.17) is 9.47 Å². The maximum absolute atomic E-state index is 10.6. The highest BCUT2D eigenvalue weighted by molar-refractivity contribution is 9.10. The lowest BCUT2D eigenvalue weighted by atomic mass is 9.98. The number of fused-ring (bicyclic) bond motifs is 1. The van der Waals surface area contributed by atoms with E-state index in [0.29, 0.717) is 13.0 Å². The first-order valence-electron chi connectivity index (χ1n) is 6.94. The molecule has 3 nitrogen and oxygen atoms in total. The molecule has 1 unspecified atom stereocenters. The van der Waals surface area contributed by atoms with Crippen molar-refractivity contribution in [3.05, 3.63) is 57.6 Å². The second-order valence-electron chi connectivity index (χ2n) is 5.11. The molecule has 110 valence electrons. The Kier molecular flexibility index (Phi) is 4.17. The van der Waals surface area contributed by atoms with Crippen LogP contribution >= 0.6 is 15.9 Å². The van der Waals surface area contributed by atoms with Gasteiger partial charge in [0.15, 0.2) is 0 Å². The fraction of sp³-hybridized carbons (Fsp3) is 0.294. The van der Waals surface area contributed by atoms with E-state index in [-0.39, 0.29) is 0 Å². The fourth-order valence-electron chi connectivity index (χ4n) is 2.74. The van der Waals surface area contributed by atoms with Gasteiger partial charge in [-0.05, 0) is 29.3 Å². The topological polar surface area (TPSA) is 38.7 Å². The van der Waals surface area contributed by atoms with E-state index in [1.165, 1.54) is 0 Å². The molecule has 4 heteroatoms. The van der Waals surface area contributed by atoms with Gasteiger partial charge < -0.3 is 14.6 Å². The van der Waals surface area contributed by atoms with Crippen LogP contribution in [-0.2, 0) is 12.8 Å². The van der Waals surface area contributed by atoms with Gasteiger partial charge in [0.2, 0.25) is 0 Å². The minimum atomic E-state index is -0.620. The second-order valence-corrected chi connectivity index (χ2v) is 6.03. The van der Waals surface area contributed by atoms with Gasteiger partial charge in [-0.3, -0.25) is 0 Å². The Morgan fingerprint density at radius 3 is 2.95 bits per heavy atom. The minimum Gasteiger partial charge on any atom is -0.496 e. The number of aliphatic hydroxyl groups excluding tert-OH is 1. The zero-order chi connectivity index (χ0) is 14.8. The molecule has 0 fully saturated rings. The van der Waals surface area contributed by atoms with E-state index in [2.05, 4.69) is 22.0 Å². The number of hydrogen-bond donors (Lipinski definition) is 1. The third-order valence-electron chi connectivity index (χ3n) is 3.74. The Morgan fingerprint density at radius 2 is 2.14 bits per heavy atom. The summed E-state index contributed by atoms with van der Waals surface area (Å²) in [7, 11) is 1.64. The first kappa shape index (κ1) is 14.4. The standard InChI is InChI=1S/C17H17BrO3/c1-20-16-5-3-2-4-11(16)9-15(19)14-10-13(18)8-12-6-7-21-17(12)14/h2-5,8,10,15,19H,6-7,9H2,1H3. The third kappa shape index (κ3) is 2.92. The van der Waals surface area contributed by atoms with Gasteiger partial charge in [-0.15, -0.1) is 0 Å². The number of aliphatic hydroxyl groups is 1. The van der Waals surface area contributed by atoms with E-state index < -0.39 is 6.10 Å². The lowest BCUT2D eigenvalue weighted by molar-refractivity contribution is 0.172. The first-order valence-corrected chi connectivity index (χ1v) is 7.73. The van der Waals surface area contributed by atoms with Crippen molar-refractivity contribution >= 4 is 15.9 Å². The van der Waals surface area contributed by atoms with Crippen LogP contribution in [0.25, 0.3) is 0 Å². The number of rotatable bonds is 4. The van der Waals surface area contributed by atoms with Gasteiger partial charge >= 0.3 is 0 Å². The molecule has 0 saturated carbocycles. The SMILES string of the molecule is COc1ccccc1CC(O)c1cc(Br)cc2c1OCC2. The average Bonchev–Trinajstić information content (AvgIpc) is 2.94. The molecule has 1 atom stereocenters. The van der Waals surface area contributed by atoms with Crippen LogP contribution in [-0.4, -0.2) is 18.8 Å². The molecule has 3 rings (SSSR count). The van der Waals surface area contributed by atoms with E-state index in [1.54, 1.807) is 7.11 Å². The molecule has 0 saturated heterocycles. The number of benzene rings is 2. The van der Waals surface area contributed by atoms with Crippen LogP contribution in [0.5, 0.6) is 11.5 Å². The highest BCUT2D eigenvalue weighted by Crippen LogP contribution is 2.38. The molecule has 1 aliphatic rings. The van der Waals surface area contributed by atoms with Gasteiger partial charge in [0.25, 0.3) is 0 Å². The quantitative estimate of drug-likeness (QED) is 0.916. The molecule has 1 heterocycles. The number of hydrogen-bond acceptors (Lipinski definition) is 3. The fourth-order valence-corrected chi connectivity index (χ4v) is 3.26. The number of halogens is 1. The van der Waals surface area contributed by atoms with Gasteiger partial charge in [-0.25, -0.2) is 0 Å². The predicted molar refractivity (Wildman–Crippen MR) is 85.0 cm³/mol. The van der Waals surface area contributed by atoms with Crippen molar-refractivity contribution in [3.8, 4) is 11.5 Å². The zero-order valence-corrected chi connectivity index (χ0v) is 13.4. The zero-order valence-electron chi connectivity index (χ0n) is 11.8. The summed E-state index contributed by atoms with van der Waals surface area (Å²) in [6, 6.07) is 11.7. The predicted octanol–water partition coefficient (Wildman–Crippen LogP) is 3.67. The van der Waals surface area contributed by atoms with Gasteiger partial charge in [0.05, 0.1) is 19.8 Å². The second kappa shape index (κ2) is 6.08. The van der Waals surface area contributed by atoms with Crippen molar-refractivity contribution in [2.45, 2.75) is 18.9 Å². The van der Waals surface area contributed by atoms with Gasteiger partial charge in [0.1, 0.15) is 11.5 Å². The molecule has 1 N–H and O–H groups in total. The van der Waals surface area contributed by atoms with Crippen molar-refractivity contribution in [3.63, 3.8) is 0 Å². The maximum Gasteiger partial charge on any atom is 0.128 e. The Bertz CT molecular complexity index is 654. The Labute approximate surface area is 132 Å². The molecule has 21 heavy (non-hydrogen) atoms. The van der Waals surface area contributed by atoms with Gasteiger partial charge in [-0.2, -0.15) is 0 Å². The van der Waals surface area contributed by atoms with Crippen LogP contribution in [0.2, 0.25) is 0 Å². The van der Waals surface area contributed by atoms with Crippen molar-refractivity contribution in [2.75, 3.05) is 13.7 Å². The monoisotopic (exact) mass is 348 g/mol. The van der Waals surface area contributed by atoms with E-state index in [1.807, 2.05) is 30.3 Å². The highest BCUT2D eigenvalue weighted by atomic mass is 79.9. The number of ether oxygens (including phenoxy) is 2. The van der Waals surface area contributed by atoms with Crippen molar-refractivity contribution in [1.82, 2.24) is 0 Å². The summed E-state index contributed by atoms with van der Waals surface area (Å²) in [5.41, 5.74) is 2.97.